The van der Waals surface area contributed by atoms with E-state index in [1.54, 1.807) is 39.0 Å². The fraction of sp³-hybridized carbons (Fsp3) is 0.286. The van der Waals surface area contributed by atoms with Crippen LogP contribution in [0, 0.1) is 18.3 Å². The monoisotopic (exact) mass is 434 g/mol. The van der Waals surface area contributed by atoms with Crippen LogP contribution in [0.1, 0.15) is 46.7 Å². The Kier molecular flexibility index (Phi) is 7.89. The number of carbonyl (C=O) groups excluding carboxylic acids is 2. The predicted molar refractivity (Wildman–Crippen MR) is 111 cm³/mol. The van der Waals surface area contributed by atoms with Gasteiger partial charge in [0.05, 0.1) is 18.8 Å². The fourth-order valence-electron chi connectivity index (χ4n) is 2.85. The summed E-state index contributed by atoms with van der Waals surface area (Å²) in [4.78, 5) is 27.6. The molecular weight excluding hydrogens is 415 g/mol. The van der Waals surface area contributed by atoms with Gasteiger partial charge in [0.25, 0.3) is 0 Å². The lowest BCUT2D eigenvalue weighted by Crippen LogP contribution is -2.09. The zero-order valence-corrected chi connectivity index (χ0v) is 17.8. The maximum Gasteiger partial charge on any atom is 0.348 e. The van der Waals surface area contributed by atoms with Gasteiger partial charge in [0.15, 0.2) is 0 Å². The lowest BCUT2D eigenvalue weighted by molar-refractivity contribution is -0.137. The average Bonchev–Trinajstić information content (AvgIpc) is 2.97. The number of nitrogens with one attached hydrogen (secondary N) is 1. The number of rotatable bonds is 7. The third-order valence-corrected chi connectivity index (χ3v) is 4.69. The molecular formula is C21H20Cl2N2O4. The smallest absolute Gasteiger partial charge is 0.348 e. The molecule has 8 heteroatoms. The highest BCUT2D eigenvalue weighted by Gasteiger charge is 2.23. The van der Waals surface area contributed by atoms with Crippen molar-refractivity contribution in [2.75, 3.05) is 13.2 Å². The van der Waals surface area contributed by atoms with Gasteiger partial charge in [-0.3, -0.25) is 0 Å². The number of aromatic nitrogens is 1. The van der Waals surface area contributed by atoms with Crippen LogP contribution >= 0.6 is 23.2 Å². The minimum Gasteiger partial charge on any atom is -0.462 e. The summed E-state index contributed by atoms with van der Waals surface area (Å²) in [5.74, 6) is -1.25. The Bertz CT molecular complexity index is 1000. The molecule has 1 N–H and O–H groups in total. The van der Waals surface area contributed by atoms with Gasteiger partial charge in [-0.1, -0.05) is 23.2 Å². The van der Waals surface area contributed by atoms with Gasteiger partial charge in [0, 0.05) is 27.9 Å². The van der Waals surface area contributed by atoms with Gasteiger partial charge in [-0.2, -0.15) is 5.26 Å². The average molecular weight is 435 g/mol. The van der Waals surface area contributed by atoms with E-state index in [-0.39, 0.29) is 25.2 Å². The highest BCUT2D eigenvalue weighted by molar-refractivity contribution is 6.33. The van der Waals surface area contributed by atoms with E-state index in [2.05, 4.69) is 4.98 Å². The first-order chi connectivity index (χ1) is 13.8. The molecule has 0 aliphatic rings. The summed E-state index contributed by atoms with van der Waals surface area (Å²) in [6.07, 6.45) is 1.60. The zero-order valence-electron chi connectivity index (χ0n) is 16.3. The van der Waals surface area contributed by atoms with Crippen LogP contribution in [0.25, 0.3) is 6.08 Å². The van der Waals surface area contributed by atoms with Gasteiger partial charge in [0.1, 0.15) is 11.6 Å². The molecule has 0 bridgehead atoms. The molecule has 0 atom stereocenters. The molecule has 0 aliphatic heterocycles. The Hall–Kier alpha value is -2.75. The summed E-state index contributed by atoms with van der Waals surface area (Å²) in [5.41, 5.74) is 2.34. The maximum absolute atomic E-state index is 12.6. The Morgan fingerprint density at radius 3 is 2.52 bits per heavy atom. The number of nitriles is 1. The molecule has 0 unspecified atom stereocenters. The van der Waals surface area contributed by atoms with Crippen molar-refractivity contribution in [3.63, 3.8) is 0 Å². The fourth-order valence-corrected chi connectivity index (χ4v) is 3.23. The van der Waals surface area contributed by atoms with E-state index in [9.17, 15) is 14.9 Å². The minimum absolute atomic E-state index is 0.140. The number of nitrogens with zero attached hydrogens (tertiary/aromatic N) is 1. The maximum atomic E-state index is 12.6. The standard InChI is InChI=1S/C21H20Cl2N2O4/c1-4-28-20(26)14(11-24)10-18-16(9-13-8-15(22)6-7-17(13)23)19(12(3)25-18)21(27)29-5-2/h6-8,10,25H,4-5,9H2,1-3H3/b14-10-. The lowest BCUT2D eigenvalue weighted by Gasteiger charge is -2.09. The summed E-state index contributed by atoms with van der Waals surface area (Å²) < 4.78 is 10.1. The largest absolute Gasteiger partial charge is 0.462 e. The summed E-state index contributed by atoms with van der Waals surface area (Å²) in [6.45, 7) is 5.42. The van der Waals surface area contributed by atoms with Crippen LogP contribution in [0.2, 0.25) is 10.0 Å². The van der Waals surface area contributed by atoms with Gasteiger partial charge < -0.3 is 14.5 Å². The first-order valence-electron chi connectivity index (χ1n) is 8.93. The Labute approximate surface area is 179 Å². The van der Waals surface area contributed by atoms with E-state index in [1.807, 2.05) is 6.07 Å². The molecule has 6 nitrogen and oxygen atoms in total. The Balaban J connectivity index is 2.64. The van der Waals surface area contributed by atoms with E-state index in [1.165, 1.54) is 6.08 Å². The van der Waals surface area contributed by atoms with E-state index >= 15 is 0 Å². The summed E-state index contributed by atoms with van der Waals surface area (Å²) in [5, 5.41) is 10.3. The van der Waals surface area contributed by atoms with Crippen molar-refractivity contribution in [3.05, 3.63) is 61.9 Å². The molecule has 0 aliphatic carbocycles. The normalized spacial score (nSPS) is 11.1. The van der Waals surface area contributed by atoms with Gasteiger partial charge in [-0.15, -0.1) is 0 Å². The van der Waals surface area contributed by atoms with Crippen LogP contribution in [0.15, 0.2) is 23.8 Å². The first-order valence-corrected chi connectivity index (χ1v) is 9.69. The number of aryl methyl sites for hydroxylation is 1. The summed E-state index contributed by atoms with van der Waals surface area (Å²) in [7, 11) is 0. The number of carbonyl (C=O) groups is 2. The third kappa shape index (κ3) is 5.41. The van der Waals surface area contributed by atoms with E-state index in [4.69, 9.17) is 32.7 Å². The van der Waals surface area contributed by atoms with Gasteiger partial charge >= 0.3 is 11.9 Å². The van der Waals surface area contributed by atoms with Crippen molar-refractivity contribution in [2.45, 2.75) is 27.2 Å². The van der Waals surface area contributed by atoms with Crippen molar-refractivity contribution in [1.29, 1.82) is 5.26 Å². The van der Waals surface area contributed by atoms with Gasteiger partial charge in [-0.05, 0) is 56.2 Å². The number of hydrogen-bond acceptors (Lipinski definition) is 5. The van der Waals surface area contributed by atoms with E-state index < -0.39 is 11.9 Å². The molecule has 2 aromatic rings. The molecule has 152 valence electrons. The quantitative estimate of drug-likeness (QED) is 0.381. The topological polar surface area (TPSA) is 92.2 Å². The van der Waals surface area contributed by atoms with Gasteiger partial charge in [0.2, 0.25) is 0 Å². The van der Waals surface area contributed by atoms with Crippen molar-refractivity contribution >= 4 is 41.2 Å². The lowest BCUT2D eigenvalue weighted by atomic mass is 9.99. The molecule has 0 spiro atoms. The molecule has 1 aromatic carbocycles. The number of esters is 2. The molecule has 0 saturated carbocycles. The zero-order chi connectivity index (χ0) is 21.6. The SMILES string of the molecule is CCOC(=O)/C(C#N)=C\c1[nH]c(C)c(C(=O)OCC)c1Cc1cc(Cl)ccc1Cl. The van der Waals surface area contributed by atoms with Crippen LogP contribution in [0.5, 0.6) is 0 Å². The number of H-pyrrole nitrogens is 1. The molecule has 1 aromatic heterocycles. The van der Waals surface area contributed by atoms with E-state index in [0.29, 0.717) is 38.1 Å². The second-order valence-corrected chi connectivity index (χ2v) is 6.88. The Morgan fingerprint density at radius 2 is 1.90 bits per heavy atom. The number of benzene rings is 1. The van der Waals surface area contributed by atoms with Crippen LogP contribution in [0.4, 0.5) is 0 Å². The van der Waals surface area contributed by atoms with Crippen LogP contribution in [0.3, 0.4) is 0 Å². The van der Waals surface area contributed by atoms with Crippen LogP contribution < -0.4 is 0 Å². The Morgan fingerprint density at radius 1 is 1.21 bits per heavy atom. The molecule has 2 rings (SSSR count). The molecule has 0 amide bonds. The van der Waals surface area contributed by atoms with Crippen LogP contribution in [-0.2, 0) is 20.7 Å². The number of aromatic amines is 1. The van der Waals surface area contributed by atoms with Crippen molar-refractivity contribution < 1.29 is 19.1 Å². The number of hydrogen-bond donors (Lipinski definition) is 1. The van der Waals surface area contributed by atoms with Gasteiger partial charge in [-0.25, -0.2) is 9.59 Å². The molecule has 29 heavy (non-hydrogen) atoms. The molecule has 0 radical (unpaired) electrons. The van der Waals surface area contributed by atoms with Crippen molar-refractivity contribution in [3.8, 4) is 6.07 Å². The number of ether oxygens (including phenoxy) is 2. The summed E-state index contributed by atoms with van der Waals surface area (Å²) in [6, 6.07) is 6.86. The van der Waals surface area contributed by atoms with Crippen molar-refractivity contribution in [1.82, 2.24) is 4.98 Å². The molecule has 0 fully saturated rings. The minimum atomic E-state index is -0.744. The molecule has 1 heterocycles. The molecule has 0 saturated heterocycles. The van der Waals surface area contributed by atoms with Crippen molar-refractivity contribution in [2.24, 2.45) is 0 Å². The highest BCUT2D eigenvalue weighted by Crippen LogP contribution is 2.29. The second kappa shape index (κ2) is 10.1. The highest BCUT2D eigenvalue weighted by atomic mass is 35.5. The number of halogens is 2. The predicted octanol–water partition coefficient (Wildman–Crippen LogP) is 4.87. The first kappa shape index (κ1) is 22.5. The third-order valence-electron chi connectivity index (χ3n) is 4.08. The van der Waals surface area contributed by atoms with Crippen LogP contribution in [-0.4, -0.2) is 30.1 Å². The summed E-state index contributed by atoms with van der Waals surface area (Å²) >= 11 is 12.4. The second-order valence-electron chi connectivity index (χ2n) is 6.04. The van der Waals surface area contributed by atoms with E-state index in [0.717, 1.165) is 0 Å².